The van der Waals surface area contributed by atoms with Gasteiger partial charge in [0.05, 0.1) is 22.7 Å². The number of hydrogen-bond acceptors (Lipinski definition) is 3. The first kappa shape index (κ1) is 13.1. The van der Waals surface area contributed by atoms with Crippen molar-refractivity contribution in [2.45, 2.75) is 32.3 Å². The van der Waals surface area contributed by atoms with Gasteiger partial charge in [-0.2, -0.15) is 0 Å². The molecule has 0 spiro atoms. The van der Waals surface area contributed by atoms with E-state index in [-0.39, 0.29) is 5.56 Å². The summed E-state index contributed by atoms with van der Waals surface area (Å²) in [4.78, 5) is 18.7. The Bertz CT molecular complexity index is 629. The topological polar surface area (TPSA) is 75.2 Å². The van der Waals surface area contributed by atoms with Crippen molar-refractivity contribution in [2.75, 3.05) is 6.61 Å². The molecule has 1 aromatic carbocycles. The number of aromatic carboxylic acids is 1. The van der Waals surface area contributed by atoms with Crippen LogP contribution in [0, 0.1) is 5.92 Å². The number of carbonyl (C=O) groups is 1. The number of hydrogen-bond donors (Lipinski definition) is 2. The summed E-state index contributed by atoms with van der Waals surface area (Å²) >= 11 is 0. The van der Waals surface area contributed by atoms with Gasteiger partial charge < -0.3 is 14.8 Å². The summed E-state index contributed by atoms with van der Waals surface area (Å²) in [5.41, 5.74) is 1.90. The summed E-state index contributed by atoms with van der Waals surface area (Å²) in [7, 11) is 0. The maximum absolute atomic E-state index is 10.9. The van der Waals surface area contributed by atoms with Crippen LogP contribution in [0.2, 0.25) is 0 Å². The molecule has 0 radical (unpaired) electrons. The Labute approximate surface area is 117 Å². The monoisotopic (exact) mass is 274 g/mol. The first-order chi connectivity index (χ1) is 9.65. The number of H-pyrrole nitrogens is 1. The van der Waals surface area contributed by atoms with Gasteiger partial charge in [-0.05, 0) is 43.9 Å². The fraction of sp³-hybridized carbons (Fsp3) is 0.467. The molecular formula is C15H18N2O3. The number of fused-ring (bicyclic) bond motifs is 1. The van der Waals surface area contributed by atoms with Crippen LogP contribution in [0.1, 0.15) is 35.9 Å². The molecule has 0 bridgehead atoms. The van der Waals surface area contributed by atoms with Crippen molar-refractivity contribution in [3.8, 4) is 0 Å². The molecule has 0 unspecified atom stereocenters. The van der Waals surface area contributed by atoms with Crippen LogP contribution in [-0.2, 0) is 11.2 Å². The summed E-state index contributed by atoms with van der Waals surface area (Å²) in [6.07, 6.45) is 3.49. The first-order valence-corrected chi connectivity index (χ1v) is 6.99. The average Bonchev–Trinajstić information content (AvgIpc) is 2.77. The molecule has 5 heteroatoms. The summed E-state index contributed by atoms with van der Waals surface area (Å²) in [6.45, 7) is 2.80. The van der Waals surface area contributed by atoms with Gasteiger partial charge >= 0.3 is 5.97 Å². The maximum Gasteiger partial charge on any atom is 0.335 e. The number of nitrogens with zero attached hydrogens (tertiary/aromatic N) is 1. The van der Waals surface area contributed by atoms with Crippen molar-refractivity contribution < 1.29 is 14.6 Å². The fourth-order valence-corrected chi connectivity index (χ4v) is 2.78. The average molecular weight is 274 g/mol. The van der Waals surface area contributed by atoms with Gasteiger partial charge in [0.1, 0.15) is 5.82 Å². The molecule has 1 aliphatic rings. The lowest BCUT2D eigenvalue weighted by molar-refractivity contribution is -0.0244. The third-order valence-electron chi connectivity index (χ3n) is 3.85. The van der Waals surface area contributed by atoms with Crippen LogP contribution < -0.4 is 0 Å². The number of nitrogens with one attached hydrogen (secondary N) is 1. The lowest BCUT2D eigenvalue weighted by Crippen LogP contribution is -2.32. The molecule has 2 aromatic rings. The largest absolute Gasteiger partial charge is 0.478 e. The van der Waals surface area contributed by atoms with Gasteiger partial charge in [-0.1, -0.05) is 0 Å². The van der Waals surface area contributed by atoms with E-state index >= 15 is 0 Å². The zero-order valence-electron chi connectivity index (χ0n) is 11.4. The third-order valence-corrected chi connectivity index (χ3v) is 3.85. The zero-order valence-corrected chi connectivity index (χ0v) is 11.4. The van der Waals surface area contributed by atoms with E-state index in [0.29, 0.717) is 12.0 Å². The molecule has 0 aliphatic heterocycles. The Morgan fingerprint density at radius 3 is 3.00 bits per heavy atom. The highest BCUT2D eigenvalue weighted by Crippen LogP contribution is 2.32. The number of benzene rings is 1. The Hall–Kier alpha value is -1.88. The Morgan fingerprint density at radius 1 is 1.50 bits per heavy atom. The molecule has 0 amide bonds. The predicted octanol–water partition coefficient (Wildman–Crippen LogP) is 2.62. The SMILES string of the molecule is CCOC1CC(Cc2nc3ccc(C(=O)O)cc3[nH]2)C1. The lowest BCUT2D eigenvalue weighted by Gasteiger charge is -2.34. The minimum Gasteiger partial charge on any atom is -0.478 e. The molecule has 1 fully saturated rings. The molecule has 0 atom stereocenters. The quantitative estimate of drug-likeness (QED) is 0.878. The smallest absolute Gasteiger partial charge is 0.335 e. The first-order valence-electron chi connectivity index (χ1n) is 6.99. The third kappa shape index (κ3) is 2.54. The highest BCUT2D eigenvalue weighted by Gasteiger charge is 2.30. The highest BCUT2D eigenvalue weighted by molar-refractivity contribution is 5.92. The van der Waals surface area contributed by atoms with Crippen molar-refractivity contribution in [3.05, 3.63) is 29.6 Å². The molecule has 1 aromatic heterocycles. The number of imidazole rings is 1. The molecule has 3 rings (SSSR count). The van der Waals surface area contributed by atoms with Crippen molar-refractivity contribution in [1.82, 2.24) is 9.97 Å². The molecular weight excluding hydrogens is 256 g/mol. The molecule has 1 aliphatic carbocycles. The van der Waals surface area contributed by atoms with E-state index < -0.39 is 5.97 Å². The zero-order chi connectivity index (χ0) is 14.1. The summed E-state index contributed by atoms with van der Waals surface area (Å²) in [5, 5.41) is 8.98. The van der Waals surface area contributed by atoms with E-state index in [9.17, 15) is 4.79 Å². The van der Waals surface area contributed by atoms with Gasteiger partial charge in [-0.15, -0.1) is 0 Å². The second-order valence-electron chi connectivity index (χ2n) is 5.34. The van der Waals surface area contributed by atoms with E-state index in [4.69, 9.17) is 9.84 Å². The van der Waals surface area contributed by atoms with Crippen LogP contribution in [0.5, 0.6) is 0 Å². The van der Waals surface area contributed by atoms with Gasteiger partial charge in [0, 0.05) is 13.0 Å². The van der Waals surface area contributed by atoms with Gasteiger partial charge in [0.25, 0.3) is 0 Å². The van der Waals surface area contributed by atoms with E-state index in [0.717, 1.165) is 42.7 Å². The number of carboxylic acids is 1. The van der Waals surface area contributed by atoms with Crippen molar-refractivity contribution in [1.29, 1.82) is 0 Å². The molecule has 0 saturated heterocycles. The number of rotatable bonds is 5. The van der Waals surface area contributed by atoms with E-state index in [1.54, 1.807) is 18.2 Å². The van der Waals surface area contributed by atoms with Crippen LogP contribution in [0.4, 0.5) is 0 Å². The Balaban J connectivity index is 1.69. The minimum absolute atomic E-state index is 0.285. The van der Waals surface area contributed by atoms with Gasteiger partial charge in [0.15, 0.2) is 0 Å². The number of ether oxygens (including phenoxy) is 1. The second-order valence-corrected chi connectivity index (χ2v) is 5.34. The normalized spacial score (nSPS) is 21.9. The maximum atomic E-state index is 10.9. The van der Waals surface area contributed by atoms with Crippen molar-refractivity contribution >= 4 is 17.0 Å². The predicted molar refractivity (Wildman–Crippen MR) is 74.9 cm³/mol. The number of carboxylic acid groups (broad SMARTS) is 1. The van der Waals surface area contributed by atoms with E-state index in [2.05, 4.69) is 9.97 Å². The number of aromatic nitrogens is 2. The Morgan fingerprint density at radius 2 is 2.30 bits per heavy atom. The molecule has 106 valence electrons. The molecule has 20 heavy (non-hydrogen) atoms. The van der Waals surface area contributed by atoms with Gasteiger partial charge in [-0.3, -0.25) is 0 Å². The molecule has 1 heterocycles. The number of aromatic amines is 1. The standard InChI is InChI=1S/C15H18N2O3/c1-2-20-11-5-9(6-11)7-14-16-12-4-3-10(15(18)19)8-13(12)17-14/h3-4,8-9,11H,2,5-7H2,1H3,(H,16,17)(H,18,19). The lowest BCUT2D eigenvalue weighted by atomic mass is 9.80. The van der Waals surface area contributed by atoms with Crippen LogP contribution in [0.25, 0.3) is 11.0 Å². The van der Waals surface area contributed by atoms with Crippen LogP contribution in [0.3, 0.4) is 0 Å². The van der Waals surface area contributed by atoms with E-state index in [1.165, 1.54) is 0 Å². The highest BCUT2D eigenvalue weighted by atomic mass is 16.5. The molecule has 5 nitrogen and oxygen atoms in total. The molecule has 1 saturated carbocycles. The summed E-state index contributed by atoms with van der Waals surface area (Å²) in [5.74, 6) is 0.634. The minimum atomic E-state index is -0.915. The van der Waals surface area contributed by atoms with Crippen molar-refractivity contribution in [2.24, 2.45) is 5.92 Å². The Kier molecular flexibility index (Phi) is 3.44. The van der Waals surface area contributed by atoms with Crippen LogP contribution >= 0.6 is 0 Å². The van der Waals surface area contributed by atoms with Gasteiger partial charge in [0.2, 0.25) is 0 Å². The fourth-order valence-electron chi connectivity index (χ4n) is 2.78. The van der Waals surface area contributed by atoms with E-state index in [1.807, 2.05) is 6.92 Å². The summed E-state index contributed by atoms with van der Waals surface area (Å²) in [6, 6.07) is 4.98. The summed E-state index contributed by atoms with van der Waals surface area (Å²) < 4.78 is 5.55. The van der Waals surface area contributed by atoms with Crippen LogP contribution in [-0.4, -0.2) is 33.8 Å². The molecule has 2 N–H and O–H groups in total. The second kappa shape index (κ2) is 5.25. The van der Waals surface area contributed by atoms with Crippen LogP contribution in [0.15, 0.2) is 18.2 Å². The van der Waals surface area contributed by atoms with Crippen molar-refractivity contribution in [3.63, 3.8) is 0 Å². The van der Waals surface area contributed by atoms with Gasteiger partial charge in [-0.25, -0.2) is 9.78 Å².